The van der Waals surface area contributed by atoms with E-state index in [0.717, 1.165) is 67.1 Å². The molecule has 0 spiro atoms. The minimum Gasteiger partial charge on any atom is -0.466 e. The zero-order chi connectivity index (χ0) is 22.7. The van der Waals surface area contributed by atoms with Gasteiger partial charge in [0, 0.05) is 51.2 Å². The first-order chi connectivity index (χ1) is 15.4. The van der Waals surface area contributed by atoms with Crippen LogP contribution in [0.1, 0.15) is 16.8 Å². The second-order valence-electron chi connectivity index (χ2n) is 8.64. The van der Waals surface area contributed by atoms with E-state index in [0.29, 0.717) is 5.88 Å². The van der Waals surface area contributed by atoms with Gasteiger partial charge in [-0.2, -0.15) is 0 Å². The number of hydrogen-bond donors (Lipinski definition) is 1. The Hall–Kier alpha value is -2.97. The van der Waals surface area contributed by atoms with Gasteiger partial charge in [-0.3, -0.25) is 4.79 Å². The topological polar surface area (TPSA) is 75.5 Å². The van der Waals surface area contributed by atoms with Gasteiger partial charge in [-0.25, -0.2) is 9.67 Å². The number of anilines is 1. The number of rotatable bonds is 7. The van der Waals surface area contributed by atoms with E-state index in [4.69, 9.17) is 4.74 Å². The van der Waals surface area contributed by atoms with E-state index < -0.39 is 0 Å². The number of nitrogens with one attached hydrogen (secondary N) is 1. The van der Waals surface area contributed by atoms with Gasteiger partial charge in [0.15, 0.2) is 12.3 Å². The van der Waals surface area contributed by atoms with E-state index >= 15 is 0 Å². The number of pyridine rings is 1. The van der Waals surface area contributed by atoms with E-state index in [1.807, 2.05) is 39.1 Å². The summed E-state index contributed by atoms with van der Waals surface area (Å²) in [7, 11) is 4.00. The molecule has 3 heterocycles. The third-order valence-electron chi connectivity index (χ3n) is 5.98. The number of aryl methyl sites for hydroxylation is 3. The molecule has 0 unspecified atom stereocenters. The molecule has 8 nitrogen and oxygen atoms in total. The van der Waals surface area contributed by atoms with Crippen LogP contribution in [0.15, 0.2) is 30.3 Å². The van der Waals surface area contributed by atoms with E-state index in [9.17, 15) is 4.79 Å². The number of carbonyl (C=O) groups excluding carboxylic acids is 1. The van der Waals surface area contributed by atoms with Crippen molar-refractivity contribution in [2.45, 2.75) is 20.3 Å². The average Bonchev–Trinajstić information content (AvgIpc) is 3.08. The first-order valence-electron chi connectivity index (χ1n) is 11.1. The molecule has 1 aromatic carbocycles. The number of amides is 1. The van der Waals surface area contributed by atoms with Crippen LogP contribution >= 0.6 is 0 Å². The van der Waals surface area contributed by atoms with E-state index in [1.165, 1.54) is 5.56 Å². The summed E-state index contributed by atoms with van der Waals surface area (Å²) in [5, 5.41) is 8.13. The molecule has 170 valence electrons. The zero-order valence-corrected chi connectivity index (χ0v) is 19.4. The summed E-state index contributed by atoms with van der Waals surface area (Å²) < 4.78 is 7.42. The van der Waals surface area contributed by atoms with Crippen molar-refractivity contribution in [3.8, 4) is 5.88 Å². The zero-order valence-electron chi connectivity index (χ0n) is 19.4. The maximum atomic E-state index is 12.4. The van der Waals surface area contributed by atoms with Crippen LogP contribution in [0, 0.1) is 13.8 Å². The first-order valence-corrected chi connectivity index (χ1v) is 11.1. The molecular formula is C24H32N6O2. The second-order valence-corrected chi connectivity index (χ2v) is 8.64. The summed E-state index contributed by atoms with van der Waals surface area (Å²) >= 11 is 0. The van der Waals surface area contributed by atoms with Gasteiger partial charge in [0.1, 0.15) is 0 Å². The summed E-state index contributed by atoms with van der Waals surface area (Å²) in [6.45, 7) is 9.44. The summed E-state index contributed by atoms with van der Waals surface area (Å²) in [6, 6.07) is 10.0. The predicted octanol–water partition coefficient (Wildman–Crippen LogP) is 2.39. The van der Waals surface area contributed by atoms with Gasteiger partial charge in [0.25, 0.3) is 5.91 Å². The van der Waals surface area contributed by atoms with E-state index in [-0.39, 0.29) is 12.5 Å². The predicted molar refractivity (Wildman–Crippen MR) is 126 cm³/mol. The standard InChI is InChI=1S/C24H32N6O2/c1-17-15-18(2)25-23-22(17)24(27-29(23)4)32-16-21(31)26-20-7-5-19(6-8-20)9-10-30-13-11-28(3)12-14-30/h5-8,15H,9-14,16H2,1-4H3,(H,26,31). The molecule has 0 atom stereocenters. The van der Waals surface area contributed by atoms with Crippen LogP contribution < -0.4 is 10.1 Å². The molecule has 1 aliphatic rings. The molecule has 1 saturated heterocycles. The fourth-order valence-corrected chi connectivity index (χ4v) is 4.09. The van der Waals surface area contributed by atoms with Crippen LogP contribution in [-0.2, 0) is 18.3 Å². The maximum absolute atomic E-state index is 12.4. The minimum atomic E-state index is -0.216. The van der Waals surface area contributed by atoms with E-state index in [1.54, 1.807) is 4.68 Å². The number of fused-ring (bicyclic) bond motifs is 1. The smallest absolute Gasteiger partial charge is 0.262 e. The molecule has 0 radical (unpaired) electrons. The summed E-state index contributed by atoms with van der Waals surface area (Å²) in [6.07, 6.45) is 1.01. The van der Waals surface area contributed by atoms with Crippen molar-refractivity contribution < 1.29 is 9.53 Å². The van der Waals surface area contributed by atoms with Crippen molar-refractivity contribution in [2.24, 2.45) is 7.05 Å². The van der Waals surface area contributed by atoms with Crippen molar-refractivity contribution in [1.82, 2.24) is 24.6 Å². The number of aromatic nitrogens is 3. The van der Waals surface area contributed by atoms with Crippen LogP contribution in [0.4, 0.5) is 5.69 Å². The fourth-order valence-electron chi connectivity index (χ4n) is 4.09. The first kappa shape index (κ1) is 22.2. The summed E-state index contributed by atoms with van der Waals surface area (Å²) in [5.74, 6) is 0.216. The lowest BCUT2D eigenvalue weighted by Crippen LogP contribution is -2.45. The normalized spacial score (nSPS) is 15.2. The van der Waals surface area contributed by atoms with Crippen molar-refractivity contribution >= 4 is 22.6 Å². The van der Waals surface area contributed by atoms with E-state index in [2.05, 4.69) is 44.4 Å². The van der Waals surface area contributed by atoms with Gasteiger partial charge < -0.3 is 19.9 Å². The number of hydrogen-bond acceptors (Lipinski definition) is 6. The van der Waals surface area contributed by atoms with Gasteiger partial charge in [-0.05, 0) is 56.6 Å². The number of carbonyl (C=O) groups is 1. The Bertz CT molecular complexity index is 1080. The lowest BCUT2D eigenvalue weighted by atomic mass is 10.1. The molecule has 1 N–H and O–H groups in total. The highest BCUT2D eigenvalue weighted by Crippen LogP contribution is 2.27. The highest BCUT2D eigenvalue weighted by atomic mass is 16.5. The molecule has 0 aliphatic carbocycles. The number of nitrogens with zero attached hydrogens (tertiary/aromatic N) is 5. The molecule has 3 aromatic rings. The van der Waals surface area contributed by atoms with Crippen molar-refractivity contribution in [3.05, 3.63) is 47.2 Å². The van der Waals surface area contributed by atoms with Crippen LogP contribution in [0.3, 0.4) is 0 Å². The Morgan fingerprint density at radius 3 is 2.53 bits per heavy atom. The Balaban J connectivity index is 1.29. The number of likely N-dealkylation sites (N-methyl/N-ethyl adjacent to an activating group) is 1. The van der Waals surface area contributed by atoms with Gasteiger partial charge in [-0.15, -0.1) is 5.10 Å². The molecule has 8 heteroatoms. The molecule has 0 saturated carbocycles. The van der Waals surface area contributed by atoms with Gasteiger partial charge in [-0.1, -0.05) is 12.1 Å². The quantitative estimate of drug-likeness (QED) is 0.613. The minimum absolute atomic E-state index is 0.107. The second kappa shape index (κ2) is 9.67. The molecule has 1 amide bonds. The third-order valence-corrected chi connectivity index (χ3v) is 5.98. The van der Waals surface area contributed by atoms with Crippen molar-refractivity contribution in [2.75, 3.05) is 51.7 Å². The Morgan fingerprint density at radius 1 is 1.09 bits per heavy atom. The van der Waals surface area contributed by atoms with Crippen LogP contribution in [-0.4, -0.2) is 76.8 Å². The van der Waals surface area contributed by atoms with Gasteiger partial charge >= 0.3 is 0 Å². The lowest BCUT2D eigenvalue weighted by molar-refractivity contribution is -0.118. The van der Waals surface area contributed by atoms with Crippen molar-refractivity contribution in [1.29, 1.82) is 0 Å². The molecule has 2 aromatic heterocycles. The monoisotopic (exact) mass is 436 g/mol. The van der Waals surface area contributed by atoms with Crippen LogP contribution in [0.2, 0.25) is 0 Å². The maximum Gasteiger partial charge on any atom is 0.262 e. The summed E-state index contributed by atoms with van der Waals surface area (Å²) in [5.41, 5.74) is 4.75. The average molecular weight is 437 g/mol. The molecule has 0 bridgehead atoms. The Kier molecular flexibility index (Phi) is 6.72. The molecule has 4 rings (SSSR count). The molecular weight excluding hydrogens is 404 g/mol. The highest BCUT2D eigenvalue weighted by Gasteiger charge is 2.16. The van der Waals surface area contributed by atoms with Gasteiger partial charge in [0.05, 0.1) is 5.39 Å². The SMILES string of the molecule is Cc1cc(C)c2c(OCC(=O)Nc3ccc(CCN4CCN(C)CC4)cc3)nn(C)c2n1. The van der Waals surface area contributed by atoms with Gasteiger partial charge in [0.2, 0.25) is 5.88 Å². The molecule has 1 aliphatic heterocycles. The highest BCUT2D eigenvalue weighted by molar-refractivity contribution is 5.92. The lowest BCUT2D eigenvalue weighted by Gasteiger charge is -2.32. The largest absolute Gasteiger partial charge is 0.466 e. The Labute approximate surface area is 189 Å². The molecule has 1 fully saturated rings. The summed E-state index contributed by atoms with van der Waals surface area (Å²) in [4.78, 5) is 21.8. The fraction of sp³-hybridized carbons (Fsp3) is 0.458. The van der Waals surface area contributed by atoms with Crippen LogP contribution in [0.25, 0.3) is 11.0 Å². The molecule has 32 heavy (non-hydrogen) atoms. The van der Waals surface area contributed by atoms with Crippen LogP contribution in [0.5, 0.6) is 5.88 Å². The Morgan fingerprint density at radius 2 is 1.81 bits per heavy atom. The number of benzene rings is 1. The number of ether oxygens (including phenoxy) is 1. The number of piperazine rings is 1. The third kappa shape index (κ3) is 5.26. The van der Waals surface area contributed by atoms with Crippen molar-refractivity contribution in [3.63, 3.8) is 0 Å².